The minimum Gasteiger partial charge on any atom is -0.497 e. The maximum absolute atomic E-state index is 13.0. The van der Waals surface area contributed by atoms with Crippen molar-refractivity contribution >= 4 is 11.8 Å². The van der Waals surface area contributed by atoms with Crippen molar-refractivity contribution < 1.29 is 19.1 Å². The van der Waals surface area contributed by atoms with E-state index in [2.05, 4.69) is 5.32 Å². The molecule has 2 amide bonds. The summed E-state index contributed by atoms with van der Waals surface area (Å²) in [5.74, 6) is 0.908. The molecule has 0 fully saturated rings. The number of carbonyl (C=O) groups is 2. The van der Waals surface area contributed by atoms with Crippen molar-refractivity contribution in [2.24, 2.45) is 0 Å². The van der Waals surface area contributed by atoms with E-state index in [0.717, 1.165) is 5.56 Å². The van der Waals surface area contributed by atoms with Gasteiger partial charge in [-0.05, 0) is 43.2 Å². The Balaban J connectivity index is 2.20. The molecule has 0 spiro atoms. The van der Waals surface area contributed by atoms with Crippen LogP contribution in [-0.2, 0) is 16.1 Å². The van der Waals surface area contributed by atoms with Gasteiger partial charge in [0.1, 0.15) is 17.5 Å². The van der Waals surface area contributed by atoms with Crippen molar-refractivity contribution in [2.75, 3.05) is 20.3 Å². The van der Waals surface area contributed by atoms with Gasteiger partial charge in [-0.1, -0.05) is 37.3 Å². The van der Waals surface area contributed by atoms with Crippen LogP contribution in [0.1, 0.15) is 25.8 Å². The van der Waals surface area contributed by atoms with Crippen LogP contribution in [0.3, 0.4) is 0 Å². The summed E-state index contributed by atoms with van der Waals surface area (Å²) in [6.07, 6.45) is 0.507. The number of methoxy groups -OCH3 is 1. The fourth-order valence-corrected chi connectivity index (χ4v) is 2.92. The number of hydrogen-bond donors (Lipinski definition) is 1. The summed E-state index contributed by atoms with van der Waals surface area (Å²) < 4.78 is 10.9. The van der Waals surface area contributed by atoms with Gasteiger partial charge >= 0.3 is 0 Å². The zero-order chi connectivity index (χ0) is 20.4. The van der Waals surface area contributed by atoms with E-state index < -0.39 is 6.04 Å². The van der Waals surface area contributed by atoms with E-state index in [1.165, 1.54) is 0 Å². The van der Waals surface area contributed by atoms with Crippen molar-refractivity contribution in [3.63, 3.8) is 0 Å². The van der Waals surface area contributed by atoms with Crippen LogP contribution in [0.25, 0.3) is 0 Å². The summed E-state index contributed by atoms with van der Waals surface area (Å²) in [6, 6.07) is 16.1. The Morgan fingerprint density at radius 3 is 2.39 bits per heavy atom. The first-order valence-electron chi connectivity index (χ1n) is 9.47. The van der Waals surface area contributed by atoms with Gasteiger partial charge in [-0.25, -0.2) is 0 Å². The van der Waals surface area contributed by atoms with Gasteiger partial charge in [-0.2, -0.15) is 0 Å². The highest BCUT2D eigenvalue weighted by Gasteiger charge is 2.28. The lowest BCUT2D eigenvalue weighted by Crippen LogP contribution is -2.50. The third kappa shape index (κ3) is 6.01. The van der Waals surface area contributed by atoms with Crippen LogP contribution in [-0.4, -0.2) is 43.0 Å². The predicted molar refractivity (Wildman–Crippen MR) is 108 cm³/mol. The Kier molecular flexibility index (Phi) is 8.34. The highest BCUT2D eigenvalue weighted by molar-refractivity contribution is 5.88. The van der Waals surface area contributed by atoms with E-state index in [0.29, 0.717) is 31.0 Å². The van der Waals surface area contributed by atoms with E-state index in [4.69, 9.17) is 9.47 Å². The molecule has 1 N–H and O–H groups in total. The zero-order valence-corrected chi connectivity index (χ0v) is 16.7. The number of carbonyl (C=O) groups excluding carboxylic acids is 2. The monoisotopic (exact) mass is 384 g/mol. The van der Waals surface area contributed by atoms with Crippen LogP contribution >= 0.6 is 0 Å². The predicted octanol–water partition coefficient (Wildman–Crippen LogP) is 3.02. The average molecular weight is 384 g/mol. The zero-order valence-electron chi connectivity index (χ0n) is 16.7. The number of nitrogens with one attached hydrogen (secondary N) is 1. The number of hydrogen-bond acceptors (Lipinski definition) is 4. The number of ether oxygens (including phenoxy) is 2. The maximum atomic E-state index is 13.0. The minimum atomic E-state index is -0.571. The van der Waals surface area contributed by atoms with E-state index in [1.54, 1.807) is 24.1 Å². The van der Waals surface area contributed by atoms with Gasteiger partial charge in [0.2, 0.25) is 5.91 Å². The number of rotatable bonds is 10. The molecule has 0 aliphatic carbocycles. The largest absolute Gasteiger partial charge is 0.497 e. The van der Waals surface area contributed by atoms with Crippen LogP contribution in [0.4, 0.5) is 0 Å². The molecule has 6 heteroatoms. The Morgan fingerprint density at radius 2 is 1.75 bits per heavy atom. The summed E-state index contributed by atoms with van der Waals surface area (Å²) >= 11 is 0. The Morgan fingerprint density at radius 1 is 1.04 bits per heavy atom. The SMILES string of the molecule is CCNC(=O)C(CC)N(Cc1cccc(OC)c1)C(=O)COc1ccccc1. The Bertz CT molecular complexity index is 764. The molecular weight excluding hydrogens is 356 g/mol. The van der Waals surface area contributed by atoms with Crippen molar-refractivity contribution in [1.29, 1.82) is 0 Å². The van der Waals surface area contributed by atoms with Crippen LogP contribution in [0.2, 0.25) is 0 Å². The molecule has 28 heavy (non-hydrogen) atoms. The molecule has 1 atom stereocenters. The van der Waals surface area contributed by atoms with Gasteiger partial charge in [-0.15, -0.1) is 0 Å². The molecule has 0 saturated carbocycles. The third-order valence-corrected chi connectivity index (χ3v) is 4.33. The lowest BCUT2D eigenvalue weighted by molar-refractivity contribution is -0.142. The molecule has 0 aromatic heterocycles. The molecule has 0 saturated heterocycles. The number of nitrogens with zero attached hydrogens (tertiary/aromatic N) is 1. The fraction of sp³-hybridized carbons (Fsp3) is 0.364. The van der Waals surface area contributed by atoms with E-state index in [9.17, 15) is 9.59 Å². The Labute approximate surface area is 166 Å². The molecule has 0 aliphatic heterocycles. The molecule has 150 valence electrons. The van der Waals surface area contributed by atoms with Crippen molar-refractivity contribution in [2.45, 2.75) is 32.9 Å². The van der Waals surface area contributed by atoms with Crippen LogP contribution in [0.5, 0.6) is 11.5 Å². The first-order chi connectivity index (χ1) is 13.6. The average Bonchev–Trinajstić information content (AvgIpc) is 2.73. The molecule has 2 aromatic rings. The van der Waals surface area contributed by atoms with Crippen LogP contribution in [0.15, 0.2) is 54.6 Å². The molecule has 0 aliphatic rings. The fourth-order valence-electron chi connectivity index (χ4n) is 2.92. The van der Waals surface area contributed by atoms with E-state index in [-0.39, 0.29) is 18.4 Å². The lowest BCUT2D eigenvalue weighted by Gasteiger charge is -2.30. The summed E-state index contributed by atoms with van der Waals surface area (Å²) in [4.78, 5) is 27.1. The van der Waals surface area contributed by atoms with Crippen molar-refractivity contribution in [1.82, 2.24) is 10.2 Å². The second-order valence-electron chi connectivity index (χ2n) is 6.29. The van der Waals surface area contributed by atoms with Gasteiger partial charge in [-0.3, -0.25) is 9.59 Å². The van der Waals surface area contributed by atoms with Gasteiger partial charge in [0.25, 0.3) is 5.91 Å². The standard InChI is InChI=1S/C22H28N2O4/c1-4-20(22(26)23-5-2)24(15-17-10-9-13-19(14-17)27-3)21(25)16-28-18-11-7-6-8-12-18/h6-14,20H,4-5,15-16H2,1-3H3,(H,23,26). The van der Waals surface area contributed by atoms with E-state index in [1.807, 2.05) is 56.3 Å². The highest BCUT2D eigenvalue weighted by Crippen LogP contribution is 2.18. The molecule has 0 heterocycles. The Hall–Kier alpha value is -3.02. The summed E-state index contributed by atoms with van der Waals surface area (Å²) in [5, 5.41) is 2.82. The van der Waals surface area contributed by atoms with Gasteiger partial charge in [0.15, 0.2) is 6.61 Å². The third-order valence-electron chi connectivity index (χ3n) is 4.33. The van der Waals surface area contributed by atoms with Gasteiger partial charge < -0.3 is 19.7 Å². The molecule has 0 radical (unpaired) electrons. The van der Waals surface area contributed by atoms with Gasteiger partial charge in [0.05, 0.1) is 7.11 Å². The lowest BCUT2D eigenvalue weighted by atomic mass is 10.1. The van der Waals surface area contributed by atoms with Crippen LogP contribution in [0, 0.1) is 0 Å². The maximum Gasteiger partial charge on any atom is 0.261 e. The highest BCUT2D eigenvalue weighted by atomic mass is 16.5. The number of para-hydroxylation sites is 1. The second-order valence-corrected chi connectivity index (χ2v) is 6.29. The van der Waals surface area contributed by atoms with Crippen LogP contribution < -0.4 is 14.8 Å². The second kappa shape index (κ2) is 11.0. The first kappa shape index (κ1) is 21.3. The quantitative estimate of drug-likeness (QED) is 0.684. The number of benzene rings is 2. The number of likely N-dealkylation sites (N-methyl/N-ethyl adjacent to an activating group) is 1. The molecule has 1 unspecified atom stereocenters. The first-order valence-corrected chi connectivity index (χ1v) is 9.47. The topological polar surface area (TPSA) is 67.9 Å². The van der Waals surface area contributed by atoms with Crippen molar-refractivity contribution in [3.8, 4) is 11.5 Å². The smallest absolute Gasteiger partial charge is 0.261 e. The molecule has 2 rings (SSSR count). The van der Waals surface area contributed by atoms with Gasteiger partial charge in [0, 0.05) is 13.1 Å². The normalized spacial score (nSPS) is 11.4. The molecule has 2 aromatic carbocycles. The van der Waals surface area contributed by atoms with E-state index >= 15 is 0 Å². The molecule has 6 nitrogen and oxygen atoms in total. The molecule has 0 bridgehead atoms. The molecular formula is C22H28N2O4. The summed E-state index contributed by atoms with van der Waals surface area (Å²) in [7, 11) is 1.60. The summed E-state index contributed by atoms with van der Waals surface area (Å²) in [5.41, 5.74) is 0.884. The van der Waals surface area contributed by atoms with Crippen molar-refractivity contribution in [3.05, 3.63) is 60.2 Å². The minimum absolute atomic E-state index is 0.135. The summed E-state index contributed by atoms with van der Waals surface area (Å²) in [6.45, 7) is 4.42. The number of amides is 2.